The molecule has 0 bridgehead atoms. The first-order valence-corrected chi connectivity index (χ1v) is 6.74. The molecule has 0 amide bonds. The van der Waals surface area contributed by atoms with Crippen LogP contribution >= 0.6 is 12.2 Å². The molecule has 0 saturated heterocycles. The van der Waals surface area contributed by atoms with Gasteiger partial charge in [0.15, 0.2) is 0 Å². The molecule has 0 aliphatic heterocycles. The van der Waals surface area contributed by atoms with E-state index in [0.717, 1.165) is 43.5 Å². The van der Waals surface area contributed by atoms with Gasteiger partial charge in [0.25, 0.3) is 0 Å². The van der Waals surface area contributed by atoms with E-state index in [9.17, 15) is 0 Å². The molecule has 98 valence electrons. The molecule has 1 heterocycles. The summed E-state index contributed by atoms with van der Waals surface area (Å²) in [4.78, 5) is 4.61. The van der Waals surface area contributed by atoms with Crippen molar-refractivity contribution >= 4 is 23.0 Å². The topological polar surface area (TPSA) is 60.2 Å². The highest BCUT2D eigenvalue weighted by Gasteiger charge is 2.20. The van der Waals surface area contributed by atoms with Crippen molar-refractivity contribution in [3.8, 4) is 0 Å². The van der Waals surface area contributed by atoms with Gasteiger partial charge in [0.1, 0.15) is 10.8 Å². The molecule has 0 atom stereocenters. The van der Waals surface area contributed by atoms with Crippen molar-refractivity contribution in [3.63, 3.8) is 0 Å². The first-order valence-electron chi connectivity index (χ1n) is 6.34. The second kappa shape index (κ2) is 6.66. The number of nitrogens with zero attached hydrogens (tertiary/aromatic N) is 1. The molecule has 2 rings (SSSR count). The van der Waals surface area contributed by atoms with Gasteiger partial charge in [-0.25, -0.2) is 4.98 Å². The average molecular weight is 265 g/mol. The summed E-state index contributed by atoms with van der Waals surface area (Å²) in [7, 11) is 0. The first kappa shape index (κ1) is 13.2. The van der Waals surface area contributed by atoms with E-state index in [1.165, 1.54) is 12.8 Å². The molecule has 0 spiro atoms. The van der Waals surface area contributed by atoms with E-state index in [4.69, 9.17) is 22.7 Å². The highest BCUT2D eigenvalue weighted by atomic mass is 32.1. The zero-order valence-electron chi connectivity index (χ0n) is 10.4. The predicted molar refractivity (Wildman–Crippen MR) is 76.8 cm³/mol. The minimum absolute atomic E-state index is 0.371. The van der Waals surface area contributed by atoms with E-state index >= 15 is 0 Å². The minimum atomic E-state index is 0.371. The van der Waals surface area contributed by atoms with Crippen LogP contribution in [-0.4, -0.2) is 29.7 Å². The van der Waals surface area contributed by atoms with Crippen molar-refractivity contribution in [2.75, 3.05) is 25.1 Å². The van der Waals surface area contributed by atoms with Crippen LogP contribution in [0, 0.1) is 5.92 Å². The number of pyridine rings is 1. The number of nitrogens with two attached hydrogens (primary N) is 1. The molecule has 0 aromatic carbocycles. The van der Waals surface area contributed by atoms with Crippen LogP contribution in [0.15, 0.2) is 18.3 Å². The summed E-state index contributed by atoms with van der Waals surface area (Å²) in [6, 6.07) is 3.71. The Morgan fingerprint density at radius 2 is 2.39 bits per heavy atom. The van der Waals surface area contributed by atoms with Gasteiger partial charge in [-0.2, -0.15) is 0 Å². The molecule has 1 aromatic rings. The molecule has 3 N–H and O–H groups in total. The number of ether oxygens (including phenoxy) is 1. The maximum atomic E-state index is 5.63. The number of hydrogen-bond acceptors (Lipinski definition) is 4. The Kier molecular flexibility index (Phi) is 4.90. The number of hydrogen-bond donors (Lipinski definition) is 2. The third-order valence-electron chi connectivity index (χ3n) is 2.88. The maximum Gasteiger partial charge on any atom is 0.136 e. The van der Waals surface area contributed by atoms with Crippen molar-refractivity contribution in [1.82, 2.24) is 4.98 Å². The van der Waals surface area contributed by atoms with E-state index in [-0.39, 0.29) is 0 Å². The summed E-state index contributed by atoms with van der Waals surface area (Å²) in [5.74, 6) is 1.59. The second-order valence-electron chi connectivity index (χ2n) is 4.56. The van der Waals surface area contributed by atoms with Gasteiger partial charge in [0, 0.05) is 26.0 Å². The molecule has 4 nitrogen and oxygen atoms in total. The van der Waals surface area contributed by atoms with Crippen LogP contribution in [0.1, 0.15) is 24.8 Å². The molecule has 1 aliphatic carbocycles. The van der Waals surface area contributed by atoms with Crippen LogP contribution in [0.3, 0.4) is 0 Å². The number of nitrogens with one attached hydrogen (secondary N) is 1. The summed E-state index contributed by atoms with van der Waals surface area (Å²) in [6.45, 7) is 2.53. The summed E-state index contributed by atoms with van der Waals surface area (Å²) in [5, 5.41) is 3.24. The molecule has 1 fully saturated rings. The van der Waals surface area contributed by atoms with E-state index < -0.39 is 0 Å². The zero-order chi connectivity index (χ0) is 12.8. The van der Waals surface area contributed by atoms with Crippen molar-refractivity contribution < 1.29 is 4.74 Å². The fourth-order valence-corrected chi connectivity index (χ4v) is 1.83. The Hall–Kier alpha value is -1.20. The van der Waals surface area contributed by atoms with Crippen molar-refractivity contribution in [2.45, 2.75) is 19.3 Å². The third kappa shape index (κ3) is 4.23. The van der Waals surface area contributed by atoms with Crippen LogP contribution in [0.4, 0.5) is 5.82 Å². The lowest BCUT2D eigenvalue weighted by Crippen LogP contribution is -2.15. The Morgan fingerprint density at radius 1 is 1.56 bits per heavy atom. The number of thiocarbonyl (C=S) groups is 1. The van der Waals surface area contributed by atoms with Crippen LogP contribution in [0.2, 0.25) is 0 Å². The largest absolute Gasteiger partial charge is 0.389 e. The molecule has 1 aromatic heterocycles. The Balaban J connectivity index is 1.67. The van der Waals surface area contributed by atoms with Crippen molar-refractivity contribution in [2.24, 2.45) is 11.7 Å². The average Bonchev–Trinajstić information content (AvgIpc) is 3.18. The van der Waals surface area contributed by atoms with Crippen LogP contribution in [0.25, 0.3) is 0 Å². The lowest BCUT2D eigenvalue weighted by molar-refractivity contribution is 0.124. The van der Waals surface area contributed by atoms with Crippen LogP contribution < -0.4 is 11.1 Å². The highest BCUT2D eigenvalue weighted by Crippen LogP contribution is 2.28. The van der Waals surface area contributed by atoms with Gasteiger partial charge in [0.05, 0.1) is 5.56 Å². The summed E-state index contributed by atoms with van der Waals surface area (Å²) >= 11 is 4.98. The number of rotatable bonds is 8. The maximum absolute atomic E-state index is 5.63. The standard InChI is InChI=1S/C13H19N3OS/c14-12(18)11-3-1-6-15-13(11)16-7-2-8-17-9-10-4-5-10/h1,3,6,10H,2,4-5,7-9H2,(H2,14,18)(H,15,16). The van der Waals surface area contributed by atoms with Gasteiger partial charge in [-0.3, -0.25) is 0 Å². The molecular weight excluding hydrogens is 246 g/mol. The molecular formula is C13H19N3OS. The van der Waals surface area contributed by atoms with Gasteiger partial charge in [-0.05, 0) is 37.3 Å². The van der Waals surface area contributed by atoms with Crippen molar-refractivity contribution in [1.29, 1.82) is 0 Å². The molecule has 0 unspecified atom stereocenters. The summed E-state index contributed by atoms with van der Waals surface area (Å²) < 4.78 is 5.56. The molecule has 18 heavy (non-hydrogen) atoms. The van der Waals surface area contributed by atoms with Crippen LogP contribution in [0.5, 0.6) is 0 Å². The Morgan fingerprint density at radius 3 is 3.11 bits per heavy atom. The quantitative estimate of drug-likeness (QED) is 0.555. The molecule has 0 radical (unpaired) electrons. The number of anilines is 1. The first-order chi connectivity index (χ1) is 8.77. The van der Waals surface area contributed by atoms with Gasteiger partial charge >= 0.3 is 0 Å². The van der Waals surface area contributed by atoms with Gasteiger partial charge in [-0.15, -0.1) is 0 Å². The SMILES string of the molecule is NC(=S)c1cccnc1NCCCOCC1CC1. The van der Waals surface area contributed by atoms with E-state index in [0.29, 0.717) is 4.99 Å². The highest BCUT2D eigenvalue weighted by molar-refractivity contribution is 7.80. The monoisotopic (exact) mass is 265 g/mol. The van der Waals surface area contributed by atoms with Crippen molar-refractivity contribution in [3.05, 3.63) is 23.9 Å². The summed E-state index contributed by atoms with van der Waals surface area (Å²) in [6.07, 6.45) is 5.36. The zero-order valence-corrected chi connectivity index (χ0v) is 11.2. The van der Waals surface area contributed by atoms with Gasteiger partial charge in [0.2, 0.25) is 0 Å². The molecule has 5 heteroatoms. The minimum Gasteiger partial charge on any atom is -0.389 e. The number of aromatic nitrogens is 1. The lowest BCUT2D eigenvalue weighted by atomic mass is 10.2. The molecule has 1 saturated carbocycles. The molecule has 1 aliphatic rings. The van der Waals surface area contributed by atoms with E-state index in [2.05, 4.69) is 10.3 Å². The van der Waals surface area contributed by atoms with Gasteiger partial charge < -0.3 is 15.8 Å². The Labute approximate surface area is 113 Å². The lowest BCUT2D eigenvalue weighted by Gasteiger charge is -2.09. The van der Waals surface area contributed by atoms with E-state index in [1.54, 1.807) is 6.20 Å². The fraction of sp³-hybridized carbons (Fsp3) is 0.538. The summed E-state index contributed by atoms with van der Waals surface area (Å²) in [5.41, 5.74) is 6.43. The predicted octanol–water partition coefficient (Wildman–Crippen LogP) is 1.94. The third-order valence-corrected chi connectivity index (χ3v) is 3.10. The van der Waals surface area contributed by atoms with Gasteiger partial charge in [-0.1, -0.05) is 12.2 Å². The van der Waals surface area contributed by atoms with E-state index in [1.807, 2.05) is 12.1 Å². The smallest absolute Gasteiger partial charge is 0.136 e. The normalized spacial score (nSPS) is 14.4. The van der Waals surface area contributed by atoms with Crippen LogP contribution in [-0.2, 0) is 4.74 Å². The Bertz CT molecular complexity index is 407. The fourth-order valence-electron chi connectivity index (χ4n) is 1.66. The second-order valence-corrected chi connectivity index (χ2v) is 5.00.